The number of hydrogen-bond donors (Lipinski definition) is 2. The number of hydrogen-bond acceptors (Lipinski definition) is 4. The number of rotatable bonds is 7. The van der Waals surface area contributed by atoms with Gasteiger partial charge in [0.05, 0.1) is 24.9 Å². The molecule has 0 spiro atoms. The zero-order chi connectivity index (χ0) is 22.7. The maximum absolute atomic E-state index is 13.6. The molecule has 1 aliphatic heterocycles. The first-order valence-corrected chi connectivity index (χ1v) is 10.8. The zero-order valence-corrected chi connectivity index (χ0v) is 18.4. The van der Waals surface area contributed by atoms with E-state index >= 15 is 0 Å². The summed E-state index contributed by atoms with van der Waals surface area (Å²) in [5, 5.41) is 17.9. The molecule has 0 aliphatic carbocycles. The van der Waals surface area contributed by atoms with E-state index < -0.39 is 17.6 Å². The van der Waals surface area contributed by atoms with Crippen LogP contribution in [0.4, 0.5) is 9.18 Å². The first kappa shape index (κ1) is 22.5. The van der Waals surface area contributed by atoms with Crippen molar-refractivity contribution in [2.24, 2.45) is 0 Å². The van der Waals surface area contributed by atoms with Crippen molar-refractivity contribution < 1.29 is 23.8 Å². The fourth-order valence-corrected chi connectivity index (χ4v) is 4.62. The highest BCUT2D eigenvalue weighted by atomic mass is 35.5. The monoisotopic (exact) mass is 461 g/mol. The molecular weight excluding hydrogens is 437 g/mol. The van der Waals surface area contributed by atoms with E-state index in [9.17, 15) is 14.3 Å². The molecule has 3 aromatic rings. The second-order valence-electron chi connectivity index (χ2n) is 8.14. The smallest absolute Gasteiger partial charge is 0.407 e. The van der Waals surface area contributed by atoms with Gasteiger partial charge < -0.3 is 19.5 Å². The Bertz CT molecular complexity index is 1080. The molecule has 2 N–H and O–H groups in total. The van der Waals surface area contributed by atoms with Crippen LogP contribution in [0.25, 0.3) is 10.9 Å². The lowest BCUT2D eigenvalue weighted by Crippen LogP contribution is -2.47. The van der Waals surface area contributed by atoms with Crippen LogP contribution in [0.15, 0.2) is 42.6 Å². The second-order valence-corrected chi connectivity index (χ2v) is 8.58. The molecule has 1 atom stereocenters. The Morgan fingerprint density at radius 3 is 2.69 bits per heavy atom. The zero-order valence-electron chi connectivity index (χ0n) is 17.7. The van der Waals surface area contributed by atoms with E-state index in [1.807, 2.05) is 12.1 Å². The molecule has 1 saturated heterocycles. The van der Waals surface area contributed by atoms with Gasteiger partial charge >= 0.3 is 6.09 Å². The van der Waals surface area contributed by atoms with Crippen LogP contribution in [0.3, 0.4) is 0 Å². The van der Waals surface area contributed by atoms with Crippen LogP contribution in [0, 0.1) is 5.82 Å². The third-order valence-electron chi connectivity index (χ3n) is 6.22. The number of halogens is 2. The number of aromatic amines is 1. The van der Waals surface area contributed by atoms with Gasteiger partial charge in [0.1, 0.15) is 11.9 Å². The number of H-pyrrole nitrogens is 1. The van der Waals surface area contributed by atoms with Crippen molar-refractivity contribution in [2.75, 3.05) is 33.4 Å². The number of piperidine rings is 1. The Labute approximate surface area is 190 Å². The van der Waals surface area contributed by atoms with Crippen molar-refractivity contribution in [3.63, 3.8) is 0 Å². The predicted molar refractivity (Wildman–Crippen MR) is 119 cm³/mol. The van der Waals surface area contributed by atoms with Crippen molar-refractivity contribution >= 4 is 28.6 Å². The summed E-state index contributed by atoms with van der Waals surface area (Å²) >= 11 is 6.32. The van der Waals surface area contributed by atoms with E-state index in [1.54, 1.807) is 25.4 Å². The molecule has 2 aromatic carbocycles. The number of ether oxygens (including phenoxy) is 2. The van der Waals surface area contributed by atoms with Gasteiger partial charge in [0, 0.05) is 41.6 Å². The van der Waals surface area contributed by atoms with Crippen molar-refractivity contribution in [3.8, 4) is 0 Å². The third kappa shape index (κ3) is 4.57. The number of carboxylic acid groups (broad SMARTS) is 1. The van der Waals surface area contributed by atoms with E-state index in [-0.39, 0.29) is 5.82 Å². The first-order chi connectivity index (χ1) is 15.4. The van der Waals surface area contributed by atoms with Gasteiger partial charge in [0.15, 0.2) is 0 Å². The average molecular weight is 462 g/mol. The van der Waals surface area contributed by atoms with E-state index in [2.05, 4.69) is 10.2 Å². The Morgan fingerprint density at radius 2 is 2.03 bits per heavy atom. The lowest BCUT2D eigenvalue weighted by Gasteiger charge is -2.42. The highest BCUT2D eigenvalue weighted by Gasteiger charge is 2.39. The summed E-state index contributed by atoms with van der Waals surface area (Å²) in [6.45, 7) is 1.39. The highest BCUT2D eigenvalue weighted by Crippen LogP contribution is 2.38. The topological polar surface area (TPSA) is 87.7 Å². The van der Waals surface area contributed by atoms with Crippen LogP contribution in [0.1, 0.15) is 30.1 Å². The molecule has 0 radical (unpaired) electrons. The molecule has 2 heterocycles. The van der Waals surface area contributed by atoms with Crippen LogP contribution in [0.5, 0.6) is 0 Å². The molecule has 9 heteroatoms. The van der Waals surface area contributed by atoms with Crippen molar-refractivity contribution in [3.05, 3.63) is 64.6 Å². The summed E-state index contributed by atoms with van der Waals surface area (Å²) in [7, 11) is 1.60. The molecule has 1 amide bonds. The molecule has 170 valence electrons. The molecule has 4 rings (SSSR count). The maximum atomic E-state index is 13.6. The lowest BCUT2D eigenvalue weighted by molar-refractivity contribution is -0.0364. The Morgan fingerprint density at radius 1 is 1.31 bits per heavy atom. The number of nitrogens with one attached hydrogen (secondary N) is 1. The summed E-state index contributed by atoms with van der Waals surface area (Å²) < 4.78 is 25.4. The number of likely N-dealkylation sites (tertiary alicyclic amines) is 1. The van der Waals surface area contributed by atoms with Crippen LogP contribution >= 0.6 is 11.6 Å². The number of aromatic nitrogens is 2. The van der Waals surface area contributed by atoms with Gasteiger partial charge in [-0.25, -0.2) is 9.18 Å². The first-order valence-electron chi connectivity index (χ1n) is 10.4. The Kier molecular flexibility index (Phi) is 6.64. The molecule has 1 aromatic heterocycles. The van der Waals surface area contributed by atoms with Gasteiger partial charge in [0.25, 0.3) is 0 Å². The standard InChI is InChI=1S/C23H25ClFN3O4/c1-31-13-20(19-11-17(24)10-15-12-26-27-21(15)19)32-14-23(16-2-4-18(25)5-3-16)6-8-28(9-7-23)22(29)30/h2-5,10-12,20H,6-9,13-14H2,1H3,(H,26,27)(H,29,30). The largest absolute Gasteiger partial charge is 0.465 e. The third-order valence-corrected chi connectivity index (χ3v) is 6.44. The summed E-state index contributed by atoms with van der Waals surface area (Å²) in [6, 6.07) is 10.0. The Hall–Kier alpha value is -2.68. The van der Waals surface area contributed by atoms with Crippen molar-refractivity contribution in [1.29, 1.82) is 0 Å². The number of benzene rings is 2. The maximum Gasteiger partial charge on any atom is 0.407 e. The number of fused-ring (bicyclic) bond motifs is 1. The molecule has 32 heavy (non-hydrogen) atoms. The Balaban J connectivity index is 1.63. The molecule has 1 unspecified atom stereocenters. The SMILES string of the molecule is COCC(OCC1(c2ccc(F)cc2)CCN(C(=O)O)CC1)c1cc(Cl)cc2cn[nH]c12. The van der Waals surface area contributed by atoms with Crippen LogP contribution in [0.2, 0.25) is 5.02 Å². The fraction of sp³-hybridized carbons (Fsp3) is 0.391. The van der Waals surface area contributed by atoms with Gasteiger partial charge in [-0.3, -0.25) is 5.10 Å². The molecule has 1 fully saturated rings. The van der Waals surface area contributed by atoms with Gasteiger partial charge in [-0.15, -0.1) is 0 Å². The van der Waals surface area contributed by atoms with Gasteiger partial charge in [-0.05, 0) is 42.7 Å². The van der Waals surface area contributed by atoms with E-state index in [4.69, 9.17) is 21.1 Å². The van der Waals surface area contributed by atoms with Gasteiger partial charge in [0.2, 0.25) is 0 Å². The van der Waals surface area contributed by atoms with Crippen LogP contribution in [-0.4, -0.2) is 59.7 Å². The summed E-state index contributed by atoms with van der Waals surface area (Å²) in [6.07, 6.45) is 1.49. The van der Waals surface area contributed by atoms with Gasteiger partial charge in [-0.1, -0.05) is 23.7 Å². The number of amides is 1. The molecule has 1 aliphatic rings. The number of carbonyl (C=O) groups is 1. The fourth-order valence-electron chi connectivity index (χ4n) is 4.39. The van der Waals surface area contributed by atoms with Crippen molar-refractivity contribution in [1.82, 2.24) is 15.1 Å². The number of methoxy groups -OCH3 is 1. The minimum absolute atomic E-state index is 0.301. The number of nitrogens with zero attached hydrogens (tertiary/aromatic N) is 2. The molecule has 0 saturated carbocycles. The van der Waals surface area contributed by atoms with E-state index in [1.165, 1.54) is 17.0 Å². The molecule has 7 nitrogen and oxygen atoms in total. The minimum atomic E-state index is -0.934. The van der Waals surface area contributed by atoms with Crippen LogP contribution < -0.4 is 0 Å². The van der Waals surface area contributed by atoms with E-state index in [0.717, 1.165) is 22.0 Å². The van der Waals surface area contributed by atoms with Crippen LogP contribution in [-0.2, 0) is 14.9 Å². The normalized spacial score (nSPS) is 16.9. The lowest BCUT2D eigenvalue weighted by atomic mass is 9.73. The quantitative estimate of drug-likeness (QED) is 0.529. The average Bonchev–Trinajstić information content (AvgIpc) is 3.25. The highest BCUT2D eigenvalue weighted by molar-refractivity contribution is 6.31. The van der Waals surface area contributed by atoms with Crippen molar-refractivity contribution in [2.45, 2.75) is 24.4 Å². The predicted octanol–water partition coefficient (Wildman–Crippen LogP) is 4.77. The minimum Gasteiger partial charge on any atom is -0.465 e. The summed E-state index contributed by atoms with van der Waals surface area (Å²) in [5.74, 6) is -0.314. The molecular formula is C23H25ClFN3O4. The molecule has 0 bridgehead atoms. The van der Waals surface area contributed by atoms with E-state index in [0.29, 0.717) is 44.2 Å². The summed E-state index contributed by atoms with van der Waals surface area (Å²) in [4.78, 5) is 12.8. The van der Waals surface area contributed by atoms with Gasteiger partial charge in [-0.2, -0.15) is 5.10 Å². The second kappa shape index (κ2) is 9.44. The summed E-state index contributed by atoms with van der Waals surface area (Å²) in [5.41, 5.74) is 2.15.